The molecular formula is C25H21N7O3S2. The van der Waals surface area contributed by atoms with Gasteiger partial charge in [-0.1, -0.05) is 29.5 Å². The molecule has 0 saturated carbocycles. The van der Waals surface area contributed by atoms with Crippen LogP contribution in [0.2, 0.25) is 0 Å². The van der Waals surface area contributed by atoms with E-state index in [1.165, 1.54) is 18.3 Å². The van der Waals surface area contributed by atoms with Gasteiger partial charge in [-0.25, -0.2) is 0 Å². The number of methoxy groups -OCH3 is 1. The van der Waals surface area contributed by atoms with Gasteiger partial charge < -0.3 is 15.4 Å². The topological polar surface area (TPSA) is 142 Å². The number of hydrogen-bond donors (Lipinski definition) is 2. The summed E-state index contributed by atoms with van der Waals surface area (Å²) < 4.78 is 5.18. The van der Waals surface area contributed by atoms with E-state index < -0.39 is 11.7 Å². The van der Waals surface area contributed by atoms with E-state index in [0.717, 1.165) is 17.0 Å². The molecule has 2 heterocycles. The molecule has 186 valence electrons. The number of ether oxygens (including phenoxy) is 1. The molecule has 4 aromatic rings. The van der Waals surface area contributed by atoms with Gasteiger partial charge in [0.05, 0.1) is 23.7 Å². The van der Waals surface area contributed by atoms with Crippen molar-refractivity contribution >= 4 is 61.6 Å². The van der Waals surface area contributed by atoms with Gasteiger partial charge in [0.25, 0.3) is 0 Å². The molecule has 10 nitrogen and oxygen atoms in total. The molecule has 2 aromatic heterocycles. The molecule has 37 heavy (non-hydrogen) atoms. The van der Waals surface area contributed by atoms with Crippen LogP contribution in [0, 0.1) is 18.3 Å². The van der Waals surface area contributed by atoms with Crippen LogP contribution in [-0.4, -0.2) is 29.0 Å². The Labute approximate surface area is 220 Å². The molecule has 0 radical (unpaired) electrons. The Morgan fingerprint density at radius 3 is 2.43 bits per heavy atom. The van der Waals surface area contributed by atoms with E-state index in [4.69, 9.17) is 4.74 Å². The molecule has 4 rings (SSSR count). The SMILES string of the molecule is COc1ccc(N=Nc2c(Nc3ccccc3)sc(C(=O)C(C#N)c3nnc(NC(C)=O)s3)c2C)cc1. The largest absolute Gasteiger partial charge is 0.497 e. The Morgan fingerprint density at radius 2 is 1.78 bits per heavy atom. The van der Waals surface area contributed by atoms with Crippen molar-refractivity contribution in [3.05, 3.63) is 70.0 Å². The molecule has 1 amide bonds. The summed E-state index contributed by atoms with van der Waals surface area (Å²) in [5.74, 6) is -1.24. The minimum Gasteiger partial charge on any atom is -0.497 e. The normalized spacial score (nSPS) is 11.6. The maximum atomic E-state index is 13.5. The fourth-order valence-corrected chi connectivity index (χ4v) is 5.23. The van der Waals surface area contributed by atoms with Crippen molar-refractivity contribution < 1.29 is 14.3 Å². The average molecular weight is 532 g/mol. The highest BCUT2D eigenvalue weighted by molar-refractivity contribution is 7.19. The van der Waals surface area contributed by atoms with Crippen molar-refractivity contribution in [1.29, 1.82) is 5.26 Å². The van der Waals surface area contributed by atoms with E-state index in [1.54, 1.807) is 38.3 Å². The molecule has 0 fully saturated rings. The number of benzene rings is 2. The number of thiophene rings is 1. The van der Waals surface area contributed by atoms with Crippen molar-refractivity contribution in [2.75, 3.05) is 17.7 Å². The maximum absolute atomic E-state index is 13.5. The molecule has 1 atom stereocenters. The third-order valence-electron chi connectivity index (χ3n) is 5.07. The summed E-state index contributed by atoms with van der Waals surface area (Å²) in [6, 6.07) is 18.6. The number of azo groups is 1. The lowest BCUT2D eigenvalue weighted by atomic mass is 10.0. The first-order valence-corrected chi connectivity index (χ1v) is 12.6. The second-order valence-corrected chi connectivity index (χ2v) is 9.71. The van der Waals surface area contributed by atoms with Gasteiger partial charge in [-0.2, -0.15) is 10.4 Å². The molecule has 1 unspecified atom stereocenters. The standard InChI is InChI=1S/C25H21N7O3S2/c1-14-20(30-29-17-9-11-18(35-3)12-10-17)24(28-16-7-5-4-6-8-16)36-22(14)21(34)19(13-26)23-31-32-25(37-23)27-15(2)33/h4-12,19,28H,1-3H3,(H,27,32,33). The highest BCUT2D eigenvalue weighted by Gasteiger charge is 2.31. The molecule has 0 aliphatic heterocycles. The van der Waals surface area contributed by atoms with E-state index in [-0.39, 0.29) is 16.0 Å². The quantitative estimate of drug-likeness (QED) is 0.185. The van der Waals surface area contributed by atoms with Crippen LogP contribution < -0.4 is 15.4 Å². The molecule has 12 heteroatoms. The van der Waals surface area contributed by atoms with Crippen LogP contribution in [0.3, 0.4) is 0 Å². The number of ketones is 1. The summed E-state index contributed by atoms with van der Waals surface area (Å²) >= 11 is 2.17. The monoisotopic (exact) mass is 531 g/mol. The molecule has 0 aliphatic rings. The number of nitrogens with one attached hydrogen (secondary N) is 2. The number of aromatic nitrogens is 2. The van der Waals surface area contributed by atoms with Crippen LogP contribution in [0.1, 0.15) is 33.1 Å². The van der Waals surface area contributed by atoms with Crippen LogP contribution in [0.25, 0.3) is 0 Å². The molecule has 0 bridgehead atoms. The first kappa shape index (κ1) is 25.6. The Balaban J connectivity index is 1.70. The van der Waals surface area contributed by atoms with Gasteiger partial charge in [0.15, 0.2) is 11.7 Å². The number of Topliss-reactive ketones (excluding diaryl/α,β-unsaturated/α-hetero) is 1. The number of anilines is 3. The van der Waals surface area contributed by atoms with Gasteiger partial charge >= 0.3 is 0 Å². The summed E-state index contributed by atoms with van der Waals surface area (Å²) in [6.45, 7) is 3.10. The van der Waals surface area contributed by atoms with Crippen LogP contribution in [0.15, 0.2) is 64.8 Å². The fourth-order valence-electron chi connectivity index (χ4n) is 3.26. The minimum absolute atomic E-state index is 0.197. The smallest absolute Gasteiger partial charge is 0.223 e. The highest BCUT2D eigenvalue weighted by atomic mass is 32.1. The van der Waals surface area contributed by atoms with Crippen molar-refractivity contribution in [3.8, 4) is 11.8 Å². The number of nitrogens with zero attached hydrogens (tertiary/aromatic N) is 5. The highest BCUT2D eigenvalue weighted by Crippen LogP contribution is 2.44. The summed E-state index contributed by atoms with van der Waals surface area (Å²) in [6.07, 6.45) is 0. The fraction of sp³-hybridized carbons (Fsp3) is 0.160. The van der Waals surface area contributed by atoms with Gasteiger partial charge in [-0.05, 0) is 43.3 Å². The van der Waals surface area contributed by atoms with E-state index >= 15 is 0 Å². The van der Waals surface area contributed by atoms with E-state index in [9.17, 15) is 14.9 Å². The maximum Gasteiger partial charge on any atom is 0.223 e. The van der Waals surface area contributed by atoms with Crippen LogP contribution >= 0.6 is 22.7 Å². The van der Waals surface area contributed by atoms with Gasteiger partial charge in [0.1, 0.15) is 21.4 Å². The predicted molar refractivity (Wildman–Crippen MR) is 143 cm³/mol. The van der Waals surface area contributed by atoms with Gasteiger partial charge in [-0.15, -0.1) is 26.6 Å². The second-order valence-electron chi connectivity index (χ2n) is 7.68. The Morgan fingerprint density at radius 1 is 1.05 bits per heavy atom. The third kappa shape index (κ3) is 6.03. The first-order chi connectivity index (χ1) is 17.9. The zero-order valence-electron chi connectivity index (χ0n) is 20.1. The lowest BCUT2D eigenvalue weighted by Crippen LogP contribution is -2.10. The average Bonchev–Trinajstić information content (AvgIpc) is 3.47. The van der Waals surface area contributed by atoms with Gasteiger partial charge in [-0.3, -0.25) is 9.59 Å². The number of carbonyl (C=O) groups excluding carboxylic acids is 2. The summed E-state index contributed by atoms with van der Waals surface area (Å²) in [5, 5.41) is 33.3. The molecule has 2 aromatic carbocycles. The molecular weight excluding hydrogens is 510 g/mol. The third-order valence-corrected chi connectivity index (χ3v) is 7.18. The van der Waals surface area contributed by atoms with Gasteiger partial charge in [0.2, 0.25) is 11.0 Å². The minimum atomic E-state index is -1.19. The Bertz CT molecular complexity index is 1490. The van der Waals surface area contributed by atoms with E-state index in [1.807, 2.05) is 36.4 Å². The van der Waals surface area contributed by atoms with E-state index in [2.05, 4.69) is 31.1 Å². The molecule has 2 N–H and O–H groups in total. The zero-order valence-corrected chi connectivity index (χ0v) is 21.7. The Hall–Kier alpha value is -4.47. The van der Waals surface area contributed by atoms with Crippen molar-refractivity contribution in [1.82, 2.24) is 10.2 Å². The molecule has 0 aliphatic carbocycles. The predicted octanol–water partition coefficient (Wildman–Crippen LogP) is 6.52. The summed E-state index contributed by atoms with van der Waals surface area (Å²) in [4.78, 5) is 25.2. The molecule has 0 spiro atoms. The summed E-state index contributed by atoms with van der Waals surface area (Å²) in [5.41, 5.74) is 2.49. The summed E-state index contributed by atoms with van der Waals surface area (Å²) in [7, 11) is 1.59. The van der Waals surface area contributed by atoms with Gasteiger partial charge in [0, 0.05) is 18.2 Å². The van der Waals surface area contributed by atoms with Crippen molar-refractivity contribution in [2.24, 2.45) is 10.2 Å². The lowest BCUT2D eigenvalue weighted by Gasteiger charge is -2.04. The number of rotatable bonds is 9. The first-order valence-electron chi connectivity index (χ1n) is 11.0. The van der Waals surface area contributed by atoms with Crippen LogP contribution in [0.4, 0.5) is 27.2 Å². The Kier molecular flexibility index (Phi) is 7.97. The molecule has 0 saturated heterocycles. The number of amides is 1. The van der Waals surface area contributed by atoms with Crippen molar-refractivity contribution in [3.63, 3.8) is 0 Å². The zero-order chi connectivity index (χ0) is 26.4. The van der Waals surface area contributed by atoms with E-state index in [0.29, 0.717) is 32.6 Å². The number of hydrogen-bond acceptors (Lipinski definition) is 11. The number of nitriles is 1. The second kappa shape index (κ2) is 11.5. The number of para-hydroxylation sites is 1. The lowest BCUT2D eigenvalue weighted by molar-refractivity contribution is -0.114. The van der Waals surface area contributed by atoms with Crippen LogP contribution in [-0.2, 0) is 4.79 Å². The van der Waals surface area contributed by atoms with Crippen LogP contribution in [0.5, 0.6) is 5.75 Å². The number of carbonyl (C=O) groups is 2. The van der Waals surface area contributed by atoms with Crippen molar-refractivity contribution in [2.45, 2.75) is 19.8 Å².